The van der Waals surface area contributed by atoms with Crippen LogP contribution in [0.15, 0.2) is 10.7 Å². The molecule has 0 amide bonds. The molecule has 0 aliphatic carbocycles. The standard InChI is InChI=1S/C9H14N2O/c1-6(2)8-5-12-9(11-8)7-3-10-4-7/h5-7,10H,3-4H2,1-2H3. The molecular weight excluding hydrogens is 152 g/mol. The second-order valence-electron chi connectivity index (χ2n) is 3.62. The lowest BCUT2D eigenvalue weighted by atomic mass is 10.0. The minimum Gasteiger partial charge on any atom is -0.448 e. The summed E-state index contributed by atoms with van der Waals surface area (Å²) in [6.45, 7) is 6.28. The number of hydrogen-bond donors (Lipinski definition) is 1. The number of oxazole rings is 1. The molecule has 1 saturated heterocycles. The third-order valence-corrected chi connectivity index (χ3v) is 2.26. The molecule has 1 aliphatic rings. The van der Waals surface area contributed by atoms with Crippen molar-refractivity contribution in [3.05, 3.63) is 17.8 Å². The summed E-state index contributed by atoms with van der Waals surface area (Å²) in [7, 11) is 0. The zero-order chi connectivity index (χ0) is 8.55. The van der Waals surface area contributed by atoms with Gasteiger partial charge in [-0.2, -0.15) is 0 Å². The molecule has 3 heteroatoms. The van der Waals surface area contributed by atoms with Gasteiger partial charge in [-0.3, -0.25) is 0 Å². The van der Waals surface area contributed by atoms with Crippen molar-refractivity contribution in [3.8, 4) is 0 Å². The minimum atomic E-state index is 0.468. The average molecular weight is 166 g/mol. The second-order valence-corrected chi connectivity index (χ2v) is 3.62. The SMILES string of the molecule is CC(C)c1coc(C2CNC2)n1. The smallest absolute Gasteiger partial charge is 0.199 e. The van der Waals surface area contributed by atoms with Crippen LogP contribution in [0, 0.1) is 0 Å². The molecule has 0 radical (unpaired) electrons. The van der Waals surface area contributed by atoms with Crippen LogP contribution in [0.4, 0.5) is 0 Å². The summed E-state index contributed by atoms with van der Waals surface area (Å²) in [6.07, 6.45) is 1.78. The predicted octanol–water partition coefficient (Wildman–Crippen LogP) is 1.48. The Morgan fingerprint density at radius 2 is 2.33 bits per heavy atom. The summed E-state index contributed by atoms with van der Waals surface area (Å²) in [5.41, 5.74) is 1.07. The Kier molecular flexibility index (Phi) is 1.89. The van der Waals surface area contributed by atoms with Crippen molar-refractivity contribution in [1.82, 2.24) is 10.3 Å². The first-order valence-corrected chi connectivity index (χ1v) is 4.43. The topological polar surface area (TPSA) is 38.1 Å². The molecule has 1 aromatic rings. The maximum atomic E-state index is 5.38. The molecule has 3 nitrogen and oxygen atoms in total. The molecule has 1 fully saturated rings. The maximum absolute atomic E-state index is 5.38. The van der Waals surface area contributed by atoms with Gasteiger partial charge in [-0.25, -0.2) is 4.98 Å². The van der Waals surface area contributed by atoms with E-state index in [4.69, 9.17) is 4.42 Å². The number of nitrogens with one attached hydrogen (secondary N) is 1. The number of hydrogen-bond acceptors (Lipinski definition) is 3. The molecule has 1 aliphatic heterocycles. The van der Waals surface area contributed by atoms with Gasteiger partial charge in [0.15, 0.2) is 5.89 Å². The summed E-state index contributed by atoms with van der Waals surface area (Å²) in [5.74, 6) is 1.88. The van der Waals surface area contributed by atoms with E-state index in [9.17, 15) is 0 Å². The van der Waals surface area contributed by atoms with Crippen molar-refractivity contribution in [2.24, 2.45) is 0 Å². The van der Waals surface area contributed by atoms with E-state index < -0.39 is 0 Å². The lowest BCUT2D eigenvalue weighted by Gasteiger charge is -2.23. The van der Waals surface area contributed by atoms with Gasteiger partial charge in [0.25, 0.3) is 0 Å². The van der Waals surface area contributed by atoms with Crippen LogP contribution in [0.3, 0.4) is 0 Å². The number of rotatable bonds is 2. The van der Waals surface area contributed by atoms with E-state index in [0.717, 1.165) is 24.7 Å². The zero-order valence-corrected chi connectivity index (χ0v) is 7.50. The largest absolute Gasteiger partial charge is 0.448 e. The molecule has 0 saturated carbocycles. The average Bonchev–Trinajstić information content (AvgIpc) is 2.32. The van der Waals surface area contributed by atoms with Gasteiger partial charge < -0.3 is 9.73 Å². The molecule has 2 rings (SSSR count). The van der Waals surface area contributed by atoms with Gasteiger partial charge in [0, 0.05) is 13.1 Å². The van der Waals surface area contributed by atoms with E-state index in [1.165, 1.54) is 0 Å². The quantitative estimate of drug-likeness (QED) is 0.723. The highest BCUT2D eigenvalue weighted by molar-refractivity contribution is 5.07. The van der Waals surface area contributed by atoms with Gasteiger partial charge in [0.1, 0.15) is 6.26 Å². The molecular formula is C9H14N2O. The fraction of sp³-hybridized carbons (Fsp3) is 0.667. The van der Waals surface area contributed by atoms with Crippen LogP contribution in [-0.2, 0) is 0 Å². The normalized spacial score (nSPS) is 18.2. The van der Waals surface area contributed by atoms with Crippen LogP contribution < -0.4 is 5.32 Å². The monoisotopic (exact) mass is 166 g/mol. The van der Waals surface area contributed by atoms with Gasteiger partial charge in [0.2, 0.25) is 0 Å². The summed E-state index contributed by atoms with van der Waals surface area (Å²) in [5, 5.41) is 3.20. The molecule has 1 aromatic heterocycles. The van der Waals surface area contributed by atoms with Gasteiger partial charge in [-0.05, 0) is 5.92 Å². The van der Waals surface area contributed by atoms with E-state index in [0.29, 0.717) is 11.8 Å². The fourth-order valence-electron chi connectivity index (χ4n) is 1.22. The first kappa shape index (κ1) is 7.80. The Morgan fingerprint density at radius 1 is 1.58 bits per heavy atom. The third kappa shape index (κ3) is 1.25. The molecule has 0 unspecified atom stereocenters. The second kappa shape index (κ2) is 2.90. The van der Waals surface area contributed by atoms with Crippen molar-refractivity contribution in [2.45, 2.75) is 25.7 Å². The molecule has 2 heterocycles. The van der Waals surface area contributed by atoms with Crippen LogP contribution >= 0.6 is 0 Å². The molecule has 0 bridgehead atoms. The van der Waals surface area contributed by atoms with Crippen LogP contribution in [0.5, 0.6) is 0 Å². The van der Waals surface area contributed by atoms with Gasteiger partial charge in [0.05, 0.1) is 11.6 Å². The van der Waals surface area contributed by atoms with Crippen LogP contribution in [-0.4, -0.2) is 18.1 Å². The minimum absolute atomic E-state index is 0.468. The third-order valence-electron chi connectivity index (χ3n) is 2.26. The molecule has 12 heavy (non-hydrogen) atoms. The predicted molar refractivity (Wildman–Crippen MR) is 46.2 cm³/mol. The Morgan fingerprint density at radius 3 is 2.75 bits per heavy atom. The molecule has 0 spiro atoms. The zero-order valence-electron chi connectivity index (χ0n) is 7.50. The highest BCUT2D eigenvalue weighted by atomic mass is 16.3. The Labute approximate surface area is 72.2 Å². The Balaban J connectivity index is 2.12. The molecule has 1 N–H and O–H groups in total. The first-order chi connectivity index (χ1) is 5.77. The first-order valence-electron chi connectivity index (χ1n) is 4.43. The van der Waals surface area contributed by atoms with Crippen LogP contribution in [0.2, 0.25) is 0 Å². The van der Waals surface area contributed by atoms with E-state index in [1.807, 2.05) is 0 Å². The van der Waals surface area contributed by atoms with Crippen molar-refractivity contribution < 1.29 is 4.42 Å². The van der Waals surface area contributed by atoms with Crippen molar-refractivity contribution in [3.63, 3.8) is 0 Å². The summed E-state index contributed by atoms with van der Waals surface area (Å²) < 4.78 is 5.38. The Bertz CT molecular complexity index is 263. The van der Waals surface area contributed by atoms with Crippen molar-refractivity contribution in [1.29, 1.82) is 0 Å². The summed E-state index contributed by atoms with van der Waals surface area (Å²) in [6, 6.07) is 0. The van der Waals surface area contributed by atoms with Crippen LogP contribution in [0.1, 0.15) is 37.3 Å². The maximum Gasteiger partial charge on any atom is 0.199 e. The molecule has 66 valence electrons. The van der Waals surface area contributed by atoms with Crippen LogP contribution in [0.25, 0.3) is 0 Å². The van der Waals surface area contributed by atoms with Gasteiger partial charge >= 0.3 is 0 Å². The molecule has 0 atom stereocenters. The molecule has 0 aromatic carbocycles. The van der Waals surface area contributed by atoms with E-state index >= 15 is 0 Å². The van der Waals surface area contributed by atoms with Gasteiger partial charge in [-0.15, -0.1) is 0 Å². The van der Waals surface area contributed by atoms with Crippen molar-refractivity contribution in [2.75, 3.05) is 13.1 Å². The number of aromatic nitrogens is 1. The van der Waals surface area contributed by atoms with E-state index in [1.54, 1.807) is 6.26 Å². The van der Waals surface area contributed by atoms with Gasteiger partial charge in [-0.1, -0.05) is 13.8 Å². The lowest BCUT2D eigenvalue weighted by molar-refractivity contribution is 0.357. The fourth-order valence-corrected chi connectivity index (χ4v) is 1.22. The highest BCUT2D eigenvalue weighted by Gasteiger charge is 2.24. The van der Waals surface area contributed by atoms with E-state index in [2.05, 4.69) is 24.1 Å². The van der Waals surface area contributed by atoms with E-state index in [-0.39, 0.29) is 0 Å². The summed E-state index contributed by atoms with van der Waals surface area (Å²) >= 11 is 0. The number of nitrogens with zero attached hydrogens (tertiary/aromatic N) is 1. The highest BCUT2D eigenvalue weighted by Crippen LogP contribution is 2.21. The summed E-state index contributed by atoms with van der Waals surface area (Å²) in [4.78, 5) is 4.43. The lowest BCUT2D eigenvalue weighted by Crippen LogP contribution is -2.40. The Hall–Kier alpha value is -0.830. The van der Waals surface area contributed by atoms with Crippen molar-refractivity contribution >= 4 is 0 Å².